The first kappa shape index (κ1) is 16.1. The van der Waals surface area contributed by atoms with Gasteiger partial charge in [-0.1, -0.05) is 11.8 Å². The smallest absolute Gasteiger partial charge is 0.234 e. The maximum atomic E-state index is 12.1. The first-order valence-electron chi connectivity index (χ1n) is 6.92. The number of amides is 1. The number of benzene rings is 1. The van der Waals surface area contributed by atoms with Crippen LogP contribution < -0.4 is 14.8 Å². The first-order valence-corrected chi connectivity index (χ1v) is 8.70. The zero-order chi connectivity index (χ0) is 16.4. The minimum Gasteiger partial charge on any atom is -0.486 e. The van der Waals surface area contributed by atoms with E-state index in [2.05, 4.69) is 31.4 Å². The Morgan fingerprint density at radius 1 is 1.35 bits per heavy atom. The van der Waals surface area contributed by atoms with Crippen molar-refractivity contribution in [2.75, 3.05) is 24.3 Å². The molecule has 1 aromatic heterocycles. The molecular weight excluding hydrogens is 384 g/mol. The van der Waals surface area contributed by atoms with Crippen LogP contribution in [0.1, 0.15) is 5.82 Å². The average Bonchev–Trinajstić information content (AvgIpc) is 2.85. The van der Waals surface area contributed by atoms with E-state index in [0.29, 0.717) is 35.6 Å². The summed E-state index contributed by atoms with van der Waals surface area (Å²) in [4.78, 5) is 12.1. The number of hydrogen-bond acceptors (Lipinski definition) is 6. The van der Waals surface area contributed by atoms with Crippen LogP contribution >= 0.6 is 27.7 Å². The number of thioether (sulfide) groups is 1. The van der Waals surface area contributed by atoms with Gasteiger partial charge in [0.15, 0.2) is 16.7 Å². The molecule has 3 rings (SSSR count). The van der Waals surface area contributed by atoms with Gasteiger partial charge in [-0.15, -0.1) is 10.2 Å². The van der Waals surface area contributed by atoms with E-state index in [1.807, 2.05) is 18.5 Å². The number of carbonyl (C=O) groups is 1. The molecule has 0 fully saturated rings. The molecule has 0 spiro atoms. The van der Waals surface area contributed by atoms with Crippen LogP contribution in [0.15, 0.2) is 21.8 Å². The highest BCUT2D eigenvalue weighted by molar-refractivity contribution is 9.10. The summed E-state index contributed by atoms with van der Waals surface area (Å²) in [6.45, 7) is 2.89. The molecule has 2 aromatic rings. The van der Waals surface area contributed by atoms with Gasteiger partial charge in [-0.25, -0.2) is 0 Å². The second-order valence-corrected chi connectivity index (χ2v) is 6.70. The lowest BCUT2D eigenvalue weighted by molar-refractivity contribution is -0.113. The average molecular weight is 399 g/mol. The summed E-state index contributed by atoms with van der Waals surface area (Å²) in [5, 5.41) is 11.5. The van der Waals surface area contributed by atoms with Crippen molar-refractivity contribution in [2.45, 2.75) is 12.1 Å². The molecule has 2 heterocycles. The molecule has 1 N–H and O–H groups in total. The van der Waals surface area contributed by atoms with Crippen molar-refractivity contribution >= 4 is 39.3 Å². The number of aromatic nitrogens is 3. The van der Waals surface area contributed by atoms with Crippen molar-refractivity contribution in [3.8, 4) is 11.5 Å². The molecule has 1 aliphatic rings. The number of aryl methyl sites for hydroxylation is 1. The Bertz CT molecular complexity index is 750. The number of ether oxygens (including phenoxy) is 2. The lowest BCUT2D eigenvalue weighted by Crippen LogP contribution is -2.17. The molecule has 7 nitrogen and oxygen atoms in total. The summed E-state index contributed by atoms with van der Waals surface area (Å²) >= 11 is 4.77. The fourth-order valence-corrected chi connectivity index (χ4v) is 3.17. The number of fused-ring (bicyclic) bond motifs is 1. The van der Waals surface area contributed by atoms with Crippen molar-refractivity contribution in [2.24, 2.45) is 7.05 Å². The van der Waals surface area contributed by atoms with Crippen molar-refractivity contribution in [3.05, 3.63) is 22.4 Å². The predicted molar refractivity (Wildman–Crippen MR) is 90.2 cm³/mol. The van der Waals surface area contributed by atoms with Crippen LogP contribution in [0.25, 0.3) is 0 Å². The van der Waals surface area contributed by atoms with E-state index in [1.54, 1.807) is 12.1 Å². The monoisotopic (exact) mass is 398 g/mol. The van der Waals surface area contributed by atoms with Crippen LogP contribution in [0.3, 0.4) is 0 Å². The van der Waals surface area contributed by atoms with Crippen LogP contribution in [0.4, 0.5) is 5.69 Å². The van der Waals surface area contributed by atoms with Gasteiger partial charge in [-0.05, 0) is 22.9 Å². The zero-order valence-electron chi connectivity index (χ0n) is 12.6. The summed E-state index contributed by atoms with van der Waals surface area (Å²) in [5.41, 5.74) is 0.647. The highest BCUT2D eigenvalue weighted by Gasteiger charge is 2.16. The highest BCUT2D eigenvalue weighted by Crippen LogP contribution is 2.38. The fraction of sp³-hybridized carbons (Fsp3) is 0.357. The van der Waals surface area contributed by atoms with Gasteiger partial charge in [0.25, 0.3) is 0 Å². The third kappa shape index (κ3) is 3.61. The van der Waals surface area contributed by atoms with E-state index >= 15 is 0 Å². The van der Waals surface area contributed by atoms with Crippen LogP contribution in [0.5, 0.6) is 11.5 Å². The second kappa shape index (κ2) is 6.79. The lowest BCUT2D eigenvalue weighted by Gasteiger charge is -2.20. The van der Waals surface area contributed by atoms with E-state index in [1.165, 1.54) is 11.8 Å². The zero-order valence-corrected chi connectivity index (χ0v) is 15.0. The van der Waals surface area contributed by atoms with Crippen molar-refractivity contribution in [1.29, 1.82) is 0 Å². The number of carbonyl (C=O) groups excluding carboxylic acids is 1. The van der Waals surface area contributed by atoms with Crippen molar-refractivity contribution < 1.29 is 14.3 Å². The summed E-state index contributed by atoms with van der Waals surface area (Å²) in [6.07, 6.45) is 0. The Balaban J connectivity index is 1.64. The Kier molecular flexibility index (Phi) is 4.76. The summed E-state index contributed by atoms with van der Waals surface area (Å²) in [5.74, 6) is 2.22. The minimum absolute atomic E-state index is 0.131. The molecule has 0 bridgehead atoms. The SMILES string of the molecule is Cc1nnc(SCC(=O)Nc2cc3c(cc2Br)OCCO3)n1C. The first-order chi connectivity index (χ1) is 11.0. The Labute approximate surface area is 145 Å². The molecule has 0 atom stereocenters. The van der Waals surface area contributed by atoms with E-state index < -0.39 is 0 Å². The maximum Gasteiger partial charge on any atom is 0.234 e. The molecule has 1 aromatic carbocycles. The Morgan fingerprint density at radius 3 is 2.70 bits per heavy atom. The molecule has 122 valence electrons. The predicted octanol–water partition coefficient (Wildman–Crippen LogP) is 2.39. The fourth-order valence-electron chi connectivity index (χ4n) is 1.99. The second-order valence-electron chi connectivity index (χ2n) is 4.90. The van der Waals surface area contributed by atoms with Crippen LogP contribution in [-0.2, 0) is 11.8 Å². The van der Waals surface area contributed by atoms with Gasteiger partial charge in [0, 0.05) is 23.7 Å². The van der Waals surface area contributed by atoms with Gasteiger partial charge < -0.3 is 19.4 Å². The van der Waals surface area contributed by atoms with E-state index in [4.69, 9.17) is 9.47 Å². The molecule has 23 heavy (non-hydrogen) atoms. The number of anilines is 1. The molecule has 1 amide bonds. The van der Waals surface area contributed by atoms with Gasteiger partial charge in [0.2, 0.25) is 5.91 Å². The van der Waals surface area contributed by atoms with Crippen LogP contribution in [-0.4, -0.2) is 39.6 Å². The quantitative estimate of drug-likeness (QED) is 0.796. The van der Waals surface area contributed by atoms with Gasteiger partial charge in [-0.3, -0.25) is 4.79 Å². The molecule has 1 aliphatic heterocycles. The largest absolute Gasteiger partial charge is 0.486 e. The molecule has 0 unspecified atom stereocenters. The minimum atomic E-state index is -0.131. The lowest BCUT2D eigenvalue weighted by atomic mass is 10.2. The molecule has 0 saturated carbocycles. The topological polar surface area (TPSA) is 78.3 Å². The van der Waals surface area contributed by atoms with Gasteiger partial charge in [-0.2, -0.15) is 0 Å². The van der Waals surface area contributed by atoms with Gasteiger partial charge in [0.05, 0.1) is 11.4 Å². The summed E-state index contributed by atoms with van der Waals surface area (Å²) in [7, 11) is 1.87. The van der Waals surface area contributed by atoms with Crippen molar-refractivity contribution in [1.82, 2.24) is 14.8 Å². The number of rotatable bonds is 4. The number of nitrogens with one attached hydrogen (secondary N) is 1. The number of hydrogen-bond donors (Lipinski definition) is 1. The van der Waals surface area contributed by atoms with E-state index in [9.17, 15) is 4.79 Å². The van der Waals surface area contributed by atoms with Gasteiger partial charge in [0.1, 0.15) is 19.0 Å². The highest BCUT2D eigenvalue weighted by atomic mass is 79.9. The molecule has 0 radical (unpaired) electrons. The Morgan fingerprint density at radius 2 is 2.04 bits per heavy atom. The summed E-state index contributed by atoms with van der Waals surface area (Å²) in [6, 6.07) is 3.55. The molecule has 0 aliphatic carbocycles. The number of halogens is 1. The molecule has 0 saturated heterocycles. The van der Waals surface area contributed by atoms with Crippen molar-refractivity contribution in [3.63, 3.8) is 0 Å². The number of nitrogens with zero attached hydrogens (tertiary/aromatic N) is 3. The summed E-state index contributed by atoms with van der Waals surface area (Å²) < 4.78 is 13.6. The van der Waals surface area contributed by atoms with Crippen LogP contribution in [0.2, 0.25) is 0 Å². The third-order valence-electron chi connectivity index (χ3n) is 3.29. The molecule has 9 heteroatoms. The van der Waals surface area contributed by atoms with Gasteiger partial charge >= 0.3 is 0 Å². The normalized spacial score (nSPS) is 13.0. The maximum absolute atomic E-state index is 12.1. The standard InChI is InChI=1S/C14H15BrN4O3S/c1-8-17-18-14(19(8)2)23-7-13(20)16-10-6-12-11(5-9(10)15)21-3-4-22-12/h5-6H,3-4,7H2,1-2H3,(H,16,20). The van der Waals surface area contributed by atoms with E-state index in [0.717, 1.165) is 10.3 Å². The Hall–Kier alpha value is -1.74. The van der Waals surface area contributed by atoms with Crippen LogP contribution in [0, 0.1) is 6.92 Å². The third-order valence-corrected chi connectivity index (χ3v) is 4.97. The van der Waals surface area contributed by atoms with E-state index in [-0.39, 0.29) is 11.7 Å². The molecular formula is C14H15BrN4O3S.